The van der Waals surface area contributed by atoms with Crippen LogP contribution in [0.1, 0.15) is 23.6 Å². The smallest absolute Gasteiger partial charge is 0.0957 e. The van der Waals surface area contributed by atoms with Crippen LogP contribution >= 0.6 is 0 Å². The Hall–Kier alpha value is -3.49. The molecule has 24 heavy (non-hydrogen) atoms. The Balaban J connectivity index is 1.96. The molecule has 0 fully saturated rings. The van der Waals surface area contributed by atoms with E-state index < -0.39 is 0 Å². The van der Waals surface area contributed by atoms with Gasteiger partial charge in [-0.1, -0.05) is 54.5 Å². The first kappa shape index (κ1) is 15.4. The number of hydrogen-bond acceptors (Lipinski definition) is 1. The highest BCUT2D eigenvalue weighted by atomic mass is 14.7. The van der Waals surface area contributed by atoms with Crippen molar-refractivity contribution in [1.29, 1.82) is 5.26 Å². The maximum atomic E-state index is 9.08. The highest BCUT2D eigenvalue weighted by Gasteiger charge is 2.04. The maximum Gasteiger partial charge on any atom is 0.0957 e. The summed E-state index contributed by atoms with van der Waals surface area (Å²) < 4.78 is 0. The quantitative estimate of drug-likeness (QED) is 0.519. The number of hydrogen-bond donors (Lipinski definition) is 1. The number of nitrogens with zero attached hydrogens (tertiary/aromatic N) is 1. The SMILES string of the molecule is C#C/C(=C(\C)C#N)c1cccc(/C=C/c2c[nH]c3ccccc23)c1. The summed E-state index contributed by atoms with van der Waals surface area (Å²) in [6, 6.07) is 18.2. The highest BCUT2D eigenvalue weighted by Crippen LogP contribution is 2.22. The normalized spacial score (nSPS) is 12.0. The lowest BCUT2D eigenvalue weighted by Gasteiger charge is -2.03. The van der Waals surface area contributed by atoms with Crippen molar-refractivity contribution in [2.45, 2.75) is 6.92 Å². The molecule has 114 valence electrons. The summed E-state index contributed by atoms with van der Waals surface area (Å²) in [5.74, 6) is 2.62. The molecule has 0 atom stereocenters. The lowest BCUT2D eigenvalue weighted by atomic mass is 9.99. The maximum absolute atomic E-state index is 9.08. The lowest BCUT2D eigenvalue weighted by Crippen LogP contribution is -1.86. The van der Waals surface area contributed by atoms with Crippen molar-refractivity contribution in [2.24, 2.45) is 0 Å². The van der Waals surface area contributed by atoms with E-state index in [1.54, 1.807) is 6.92 Å². The van der Waals surface area contributed by atoms with Gasteiger partial charge in [0.05, 0.1) is 6.07 Å². The summed E-state index contributed by atoms with van der Waals surface area (Å²) in [5.41, 5.74) is 5.37. The Labute approximate surface area is 141 Å². The van der Waals surface area contributed by atoms with Crippen LogP contribution in [0.4, 0.5) is 0 Å². The number of nitrogens with one attached hydrogen (secondary N) is 1. The van der Waals surface area contributed by atoms with E-state index in [0.29, 0.717) is 11.1 Å². The molecule has 0 saturated carbocycles. The van der Waals surface area contributed by atoms with Gasteiger partial charge in [-0.25, -0.2) is 0 Å². The van der Waals surface area contributed by atoms with E-state index in [1.165, 1.54) is 5.39 Å². The molecule has 2 heteroatoms. The Kier molecular flexibility index (Phi) is 4.32. The molecule has 0 radical (unpaired) electrons. The first-order valence-corrected chi connectivity index (χ1v) is 7.65. The molecular formula is C22H16N2. The van der Waals surface area contributed by atoms with Crippen molar-refractivity contribution < 1.29 is 0 Å². The molecule has 0 aliphatic heterocycles. The number of benzene rings is 2. The number of nitriles is 1. The van der Waals surface area contributed by atoms with E-state index >= 15 is 0 Å². The van der Waals surface area contributed by atoms with E-state index in [1.807, 2.05) is 42.6 Å². The zero-order chi connectivity index (χ0) is 16.9. The van der Waals surface area contributed by atoms with Crippen LogP contribution in [0.2, 0.25) is 0 Å². The third kappa shape index (κ3) is 3.00. The summed E-state index contributed by atoms with van der Waals surface area (Å²) in [4.78, 5) is 3.26. The van der Waals surface area contributed by atoms with Crippen LogP contribution in [-0.2, 0) is 0 Å². The summed E-state index contributed by atoms with van der Waals surface area (Å²) in [5, 5.41) is 10.3. The zero-order valence-electron chi connectivity index (χ0n) is 13.4. The molecule has 2 aromatic carbocycles. The Morgan fingerprint density at radius 3 is 2.75 bits per heavy atom. The largest absolute Gasteiger partial charge is 0.361 e. The molecule has 3 rings (SSSR count). The molecule has 2 nitrogen and oxygen atoms in total. The lowest BCUT2D eigenvalue weighted by molar-refractivity contribution is 1.44. The van der Waals surface area contributed by atoms with Gasteiger partial charge in [0.25, 0.3) is 0 Å². The van der Waals surface area contributed by atoms with Crippen LogP contribution in [0.25, 0.3) is 28.6 Å². The first-order valence-electron chi connectivity index (χ1n) is 7.65. The molecule has 1 heterocycles. The number of aromatic amines is 1. The number of aromatic nitrogens is 1. The average Bonchev–Trinajstić information content (AvgIpc) is 3.04. The van der Waals surface area contributed by atoms with Gasteiger partial charge in [0.1, 0.15) is 0 Å². The number of rotatable bonds is 3. The predicted octanol–water partition coefficient (Wildman–Crippen LogP) is 5.27. The molecule has 0 spiro atoms. The molecule has 0 unspecified atom stereocenters. The van der Waals surface area contributed by atoms with Crippen LogP contribution in [0.3, 0.4) is 0 Å². The number of para-hydroxylation sites is 1. The fraction of sp³-hybridized carbons (Fsp3) is 0.0455. The van der Waals surface area contributed by atoms with Crippen LogP contribution in [0.5, 0.6) is 0 Å². The molecule has 0 bridgehead atoms. The average molecular weight is 308 g/mol. The Bertz CT molecular complexity index is 1030. The van der Waals surface area contributed by atoms with Crippen LogP contribution < -0.4 is 0 Å². The molecule has 3 aromatic rings. The minimum atomic E-state index is 0.551. The summed E-state index contributed by atoms with van der Waals surface area (Å²) in [6.45, 7) is 1.74. The summed E-state index contributed by atoms with van der Waals surface area (Å²) in [6.07, 6.45) is 11.7. The van der Waals surface area contributed by atoms with E-state index in [2.05, 4.69) is 41.3 Å². The van der Waals surface area contributed by atoms with E-state index in [-0.39, 0.29) is 0 Å². The second-order valence-corrected chi connectivity index (χ2v) is 5.50. The Morgan fingerprint density at radius 1 is 1.12 bits per heavy atom. The van der Waals surface area contributed by atoms with Gasteiger partial charge in [-0.2, -0.15) is 5.26 Å². The van der Waals surface area contributed by atoms with Crippen molar-refractivity contribution in [3.63, 3.8) is 0 Å². The molecular weight excluding hydrogens is 292 g/mol. The highest BCUT2D eigenvalue weighted by molar-refractivity contribution is 5.91. The van der Waals surface area contributed by atoms with Crippen molar-refractivity contribution in [3.05, 3.63) is 77.0 Å². The van der Waals surface area contributed by atoms with Crippen LogP contribution in [-0.4, -0.2) is 4.98 Å². The van der Waals surface area contributed by atoms with Crippen molar-refractivity contribution in [3.8, 4) is 18.4 Å². The van der Waals surface area contributed by atoms with E-state index in [9.17, 15) is 0 Å². The molecule has 0 saturated heterocycles. The topological polar surface area (TPSA) is 39.6 Å². The molecule has 1 aromatic heterocycles. The fourth-order valence-corrected chi connectivity index (χ4v) is 2.68. The third-order valence-corrected chi connectivity index (χ3v) is 3.94. The molecule has 1 N–H and O–H groups in total. The third-order valence-electron chi connectivity index (χ3n) is 3.94. The van der Waals surface area contributed by atoms with E-state index in [4.69, 9.17) is 11.7 Å². The van der Waals surface area contributed by atoms with Crippen LogP contribution in [0, 0.1) is 23.7 Å². The first-order chi connectivity index (χ1) is 11.7. The number of terminal acetylenes is 1. The minimum absolute atomic E-state index is 0.551. The van der Waals surface area contributed by atoms with E-state index in [0.717, 1.165) is 22.2 Å². The fourth-order valence-electron chi connectivity index (χ4n) is 2.68. The van der Waals surface area contributed by atoms with Gasteiger partial charge < -0.3 is 4.98 Å². The summed E-state index contributed by atoms with van der Waals surface area (Å²) in [7, 11) is 0. The van der Waals surface area contributed by atoms with Crippen molar-refractivity contribution in [2.75, 3.05) is 0 Å². The second kappa shape index (κ2) is 6.73. The number of fused-ring (bicyclic) bond motifs is 1. The number of allylic oxidation sites excluding steroid dienone is 2. The monoisotopic (exact) mass is 308 g/mol. The minimum Gasteiger partial charge on any atom is -0.361 e. The predicted molar refractivity (Wildman–Crippen MR) is 101 cm³/mol. The molecule has 0 aliphatic rings. The Morgan fingerprint density at radius 2 is 1.96 bits per heavy atom. The van der Waals surface area contributed by atoms with Gasteiger partial charge in [-0.05, 0) is 35.7 Å². The van der Waals surface area contributed by atoms with Crippen molar-refractivity contribution >= 4 is 28.6 Å². The van der Waals surface area contributed by atoms with Crippen LogP contribution in [0.15, 0.2) is 60.3 Å². The summed E-state index contributed by atoms with van der Waals surface area (Å²) >= 11 is 0. The standard InChI is InChI=1S/C22H16N2/c1-3-20(16(2)14-23)18-8-6-7-17(13-18)11-12-19-15-24-22-10-5-4-9-21(19)22/h1,4-13,15,24H,2H3/b12-11+,20-16-. The van der Waals surface area contributed by atoms with Gasteiger partial charge in [-0.3, -0.25) is 0 Å². The zero-order valence-corrected chi connectivity index (χ0v) is 13.4. The molecule has 0 amide bonds. The van der Waals surface area contributed by atoms with Crippen molar-refractivity contribution in [1.82, 2.24) is 4.98 Å². The van der Waals surface area contributed by atoms with Gasteiger partial charge in [0, 0.05) is 28.2 Å². The second-order valence-electron chi connectivity index (χ2n) is 5.50. The molecule has 0 aliphatic carbocycles. The van der Waals surface area contributed by atoms with Gasteiger partial charge >= 0.3 is 0 Å². The number of H-pyrrole nitrogens is 1. The van der Waals surface area contributed by atoms with Gasteiger partial charge in [0.2, 0.25) is 0 Å². The van der Waals surface area contributed by atoms with Gasteiger partial charge in [-0.15, -0.1) is 6.42 Å². The van der Waals surface area contributed by atoms with Gasteiger partial charge in [0.15, 0.2) is 0 Å².